The van der Waals surface area contributed by atoms with Gasteiger partial charge in [0, 0.05) is 74.3 Å². The summed E-state index contributed by atoms with van der Waals surface area (Å²) in [4.78, 5) is 156. The Labute approximate surface area is 515 Å². The number of H-pyrrole nitrogens is 2. The van der Waals surface area contributed by atoms with Gasteiger partial charge in [0.25, 0.3) is 0 Å². The Morgan fingerprint density at radius 3 is 1.98 bits per heavy atom. The number of rotatable bonds is 32. The van der Waals surface area contributed by atoms with Crippen LogP contribution in [-0.2, 0) is 71.9 Å². The number of nitrogens with zero attached hydrogens (tertiary/aromatic N) is 3. The Hall–Kier alpha value is -9.12. The van der Waals surface area contributed by atoms with Gasteiger partial charge >= 0.3 is 0 Å². The summed E-state index contributed by atoms with van der Waals surface area (Å²) in [6.07, 6.45) is 5.56. The maximum Gasteiger partial charge on any atom is 0.245 e. The Kier molecular flexibility index (Phi) is 25.4. The fourth-order valence-corrected chi connectivity index (χ4v) is 10.3. The average Bonchev–Trinajstić information content (AvgIpc) is 2.55. The van der Waals surface area contributed by atoms with Crippen molar-refractivity contribution < 1.29 is 62.9 Å². The van der Waals surface area contributed by atoms with Crippen LogP contribution in [0.2, 0.25) is 0 Å². The minimum atomic E-state index is -1.78. The zero-order valence-electron chi connectivity index (χ0n) is 51.1. The number of nitrogens with two attached hydrogens (primary N) is 2. The molecule has 6 rings (SSSR count). The first-order chi connectivity index (χ1) is 42.3. The maximum absolute atomic E-state index is 14.8. The highest BCUT2D eigenvalue weighted by Gasteiger charge is 2.40. The van der Waals surface area contributed by atoms with Gasteiger partial charge in [-0.15, -0.1) is 0 Å². The highest BCUT2D eigenvalue weighted by atomic mass is 16.5. The van der Waals surface area contributed by atoms with Crippen molar-refractivity contribution >= 4 is 75.9 Å². The Bertz CT molecular complexity index is 3120. The second-order valence-electron chi connectivity index (χ2n) is 23.6. The number of aromatic amines is 2. The summed E-state index contributed by atoms with van der Waals surface area (Å²) in [5.41, 5.74) is 12.4. The lowest BCUT2D eigenvalue weighted by atomic mass is 10.0. The van der Waals surface area contributed by atoms with E-state index in [0.717, 1.165) is 0 Å². The smallest absolute Gasteiger partial charge is 0.245 e. The molecule has 0 bridgehead atoms. The molecule has 9 atom stereocenters. The van der Waals surface area contributed by atoms with E-state index in [2.05, 4.69) is 67.8 Å². The van der Waals surface area contributed by atoms with Crippen molar-refractivity contribution in [2.75, 3.05) is 32.8 Å². The Morgan fingerprint density at radius 2 is 1.36 bits per heavy atom. The van der Waals surface area contributed by atoms with Crippen LogP contribution in [0.3, 0.4) is 0 Å². The predicted octanol–water partition coefficient (Wildman–Crippen LogP) is -1.67. The number of phenols is 1. The van der Waals surface area contributed by atoms with Gasteiger partial charge in [-0.1, -0.05) is 44.2 Å². The lowest BCUT2D eigenvalue weighted by Gasteiger charge is -2.31. The van der Waals surface area contributed by atoms with Crippen molar-refractivity contribution in [3.8, 4) is 5.75 Å². The number of amides is 10. The monoisotopic (exact) mass is 1240 g/mol. The molecule has 2 aromatic carbocycles. The number of carbonyl (C=O) groups is 10. The van der Waals surface area contributed by atoms with Crippen molar-refractivity contribution in [1.82, 2.24) is 67.7 Å². The van der Waals surface area contributed by atoms with Crippen LogP contribution >= 0.6 is 0 Å². The number of hydrogen-bond donors (Lipinski definition) is 15. The molecular weight excluding hydrogens is 1150 g/mol. The number of aliphatic imine (C=N–C) groups is 1. The van der Waals surface area contributed by atoms with Crippen molar-refractivity contribution in [3.05, 3.63) is 84.1 Å². The van der Waals surface area contributed by atoms with E-state index in [1.54, 1.807) is 58.2 Å². The van der Waals surface area contributed by atoms with E-state index in [1.165, 1.54) is 41.7 Å². The highest BCUT2D eigenvalue weighted by Crippen LogP contribution is 2.22. The topological polar surface area (TPSA) is 441 Å². The molecule has 484 valence electrons. The normalized spacial score (nSPS) is 17.2. The van der Waals surface area contributed by atoms with Crippen LogP contribution in [0.15, 0.2) is 72.2 Å². The number of carbonyl (C=O) groups excluding carboxylic acids is 10. The first-order valence-corrected chi connectivity index (χ1v) is 29.9. The van der Waals surface area contributed by atoms with Crippen molar-refractivity contribution in [2.45, 2.75) is 166 Å². The Morgan fingerprint density at radius 1 is 0.753 bits per heavy atom. The molecule has 0 radical (unpaired) electrons. The number of para-hydroxylation sites is 1. The molecular formula is C60H86N16O13. The number of fused-ring (bicyclic) bond motifs is 1. The van der Waals surface area contributed by atoms with E-state index >= 15 is 0 Å². The summed E-state index contributed by atoms with van der Waals surface area (Å²) in [5, 5.41) is 45.7. The summed E-state index contributed by atoms with van der Waals surface area (Å²) in [6.45, 7) is 9.78. The van der Waals surface area contributed by atoms with Crippen molar-refractivity contribution in [2.24, 2.45) is 22.4 Å². The number of guanidine groups is 1. The minimum Gasteiger partial charge on any atom is -0.508 e. The van der Waals surface area contributed by atoms with Gasteiger partial charge in [-0.25, -0.2) is 4.98 Å². The van der Waals surface area contributed by atoms with Crippen LogP contribution in [0.5, 0.6) is 5.75 Å². The maximum atomic E-state index is 14.8. The molecule has 3 unspecified atom stereocenters. The third-order valence-electron chi connectivity index (χ3n) is 14.9. The molecule has 4 heterocycles. The summed E-state index contributed by atoms with van der Waals surface area (Å²) in [6, 6.07) is 1.02. The second-order valence-corrected chi connectivity index (χ2v) is 23.6. The number of hydrogen-bond acceptors (Lipinski definition) is 15. The van der Waals surface area contributed by atoms with Crippen LogP contribution in [-0.4, -0.2) is 188 Å². The predicted molar refractivity (Wildman–Crippen MR) is 326 cm³/mol. The number of aromatic nitrogens is 3. The Balaban J connectivity index is 1.24. The van der Waals surface area contributed by atoms with Gasteiger partial charge in [0.1, 0.15) is 60.1 Å². The van der Waals surface area contributed by atoms with E-state index < -0.39 is 120 Å². The van der Waals surface area contributed by atoms with Gasteiger partial charge in [0.2, 0.25) is 59.1 Å². The van der Waals surface area contributed by atoms with Crippen LogP contribution in [0.1, 0.15) is 103 Å². The molecule has 0 saturated carbocycles. The number of aliphatic hydroxyl groups excluding tert-OH is 1. The number of likely N-dealkylation sites (tertiary alicyclic amines) is 1. The molecule has 2 aromatic heterocycles. The number of aromatic hydroxyl groups is 1. The molecule has 29 nitrogen and oxygen atoms in total. The van der Waals surface area contributed by atoms with Gasteiger partial charge in [0.05, 0.1) is 25.1 Å². The van der Waals surface area contributed by atoms with Gasteiger partial charge in [-0.05, 0) is 101 Å². The van der Waals surface area contributed by atoms with Crippen LogP contribution in [0.4, 0.5) is 0 Å². The lowest BCUT2D eigenvalue weighted by molar-refractivity contribution is -0.142. The molecule has 10 amide bonds. The second kappa shape index (κ2) is 32.7. The molecule has 4 aromatic rings. The quantitative estimate of drug-likeness (QED) is 0.0148. The number of likely N-dealkylation sites (N-methyl/N-ethyl adjacent to an activating group) is 1. The van der Waals surface area contributed by atoms with Gasteiger partial charge in [0.15, 0.2) is 5.96 Å². The first kappa shape index (κ1) is 69.0. The van der Waals surface area contributed by atoms with E-state index in [9.17, 15) is 58.2 Å². The zero-order valence-corrected chi connectivity index (χ0v) is 51.1. The zero-order chi connectivity index (χ0) is 65.0. The number of aliphatic hydroxyl groups is 1. The summed E-state index contributed by atoms with van der Waals surface area (Å²) >= 11 is 0. The summed E-state index contributed by atoms with van der Waals surface area (Å²) < 4.78 is 6.04. The van der Waals surface area contributed by atoms with Crippen LogP contribution in [0, 0.1) is 5.92 Å². The standard InChI is InChI=1S/C60H86N16O13/c1-7-64-57(87)48-15-11-23-76(48)58(88)41(14-10-22-65-59(61)62)69-51(81)42(24-33(2)3)70-56(86)47(31-89-60(4,5)6)75-52(82)43(25-34-16-18-37(78)19-17-34)71-55(85)46(30-77)74-53(83)44(26-35-28-66-39-13-9-8-12-38(35)39)72-54(84)45(27-36-29-63-32-67-36)73-50(80)40-20-21-49(79)68-40/h8-9,12-13,16-19,28-29,32-33,40-48,66,77-78H,7,10-11,14-15,20-27,30-31H2,1-6H3,(H,63,67)(H,64,87)(H,68,79)(H,69,81)(H,70,86)(H,71,85)(H,72,84)(H,73,80)(H,74,83)(H,75,82)(H4,61,62,65)/t40-,41?,42-,43-,44-,45-,46?,47?,48-/m0/s1. The molecule has 2 fully saturated rings. The average molecular weight is 1240 g/mol. The molecule has 89 heavy (non-hydrogen) atoms. The van der Waals surface area contributed by atoms with Gasteiger partial charge < -0.3 is 89.1 Å². The molecule has 2 aliphatic rings. The fourth-order valence-electron chi connectivity index (χ4n) is 10.3. The van der Waals surface area contributed by atoms with E-state index in [4.69, 9.17) is 16.2 Å². The lowest BCUT2D eigenvalue weighted by Crippen LogP contribution is -2.62. The highest BCUT2D eigenvalue weighted by molar-refractivity contribution is 5.99. The minimum absolute atomic E-state index is 0.0578. The van der Waals surface area contributed by atoms with Crippen molar-refractivity contribution in [1.29, 1.82) is 0 Å². The van der Waals surface area contributed by atoms with Crippen LogP contribution < -0.4 is 59.3 Å². The molecule has 0 spiro atoms. The van der Waals surface area contributed by atoms with E-state index in [0.29, 0.717) is 47.1 Å². The fraction of sp³-hybridized carbons (Fsp3) is 0.533. The SMILES string of the molecule is CCNC(=O)[C@@H]1CCCN1C(=O)C(CCCN=C(N)N)NC(=O)[C@H](CC(C)C)NC(=O)C(COC(C)(C)C)NC(=O)[C@H](Cc1ccc(O)cc1)NC(=O)C(CO)NC(=O)[C@H](Cc1c[nH]c2ccccc12)NC(=O)[C@H](Cc1cnc[nH]1)NC(=O)[C@@H]1CCC(=O)N1. The molecule has 2 aliphatic heterocycles. The van der Waals surface area contributed by atoms with E-state index in [-0.39, 0.29) is 93.9 Å². The van der Waals surface area contributed by atoms with E-state index in [1.807, 2.05) is 13.8 Å². The number of ether oxygens (including phenoxy) is 1. The number of benzene rings is 2. The molecule has 0 aliphatic carbocycles. The third kappa shape index (κ3) is 21.0. The largest absolute Gasteiger partial charge is 0.508 e. The van der Waals surface area contributed by atoms with Gasteiger partial charge in [-0.2, -0.15) is 0 Å². The molecule has 17 N–H and O–H groups in total. The number of phenolic OH excluding ortho intramolecular Hbond substituents is 1. The summed E-state index contributed by atoms with van der Waals surface area (Å²) in [7, 11) is 0. The molecule has 29 heteroatoms. The number of nitrogens with one attached hydrogen (secondary N) is 11. The van der Waals surface area contributed by atoms with Crippen LogP contribution in [0.25, 0.3) is 10.9 Å². The third-order valence-corrected chi connectivity index (χ3v) is 14.9. The number of imidazole rings is 1. The summed E-state index contributed by atoms with van der Waals surface area (Å²) in [5.74, 6) is -7.72. The molecule has 2 saturated heterocycles. The van der Waals surface area contributed by atoms with Crippen molar-refractivity contribution in [3.63, 3.8) is 0 Å². The van der Waals surface area contributed by atoms with Gasteiger partial charge in [-0.3, -0.25) is 52.9 Å². The first-order valence-electron chi connectivity index (χ1n) is 29.9.